The van der Waals surface area contributed by atoms with Gasteiger partial charge < -0.3 is 10.2 Å². The van der Waals surface area contributed by atoms with E-state index in [1.165, 1.54) is 0 Å². The molecule has 11 heteroatoms. The highest BCUT2D eigenvalue weighted by atomic mass is 35.5. The van der Waals surface area contributed by atoms with E-state index in [0.717, 1.165) is 12.3 Å². The quantitative estimate of drug-likeness (QED) is 0.700. The fraction of sp³-hybridized carbons (Fsp3) is 0.333. The number of pyridine rings is 1. The molecule has 2 aromatic rings. The Labute approximate surface area is 180 Å². The van der Waals surface area contributed by atoms with E-state index in [-0.39, 0.29) is 22.5 Å². The first kappa shape index (κ1) is 22.0. The lowest BCUT2D eigenvalue weighted by Gasteiger charge is -2.35. The molecule has 0 unspecified atom stereocenters. The third-order valence-electron chi connectivity index (χ3n) is 4.41. The first-order valence-corrected chi connectivity index (χ1v) is 9.72. The summed E-state index contributed by atoms with van der Waals surface area (Å²) in [5.41, 5.74) is -0.454. The second-order valence-corrected chi connectivity index (χ2v) is 7.63. The predicted octanol–water partition coefficient (Wildman–Crippen LogP) is 4.82. The van der Waals surface area contributed by atoms with Crippen LogP contribution in [0.25, 0.3) is 0 Å². The van der Waals surface area contributed by atoms with Crippen LogP contribution in [0, 0.1) is 0 Å². The summed E-state index contributed by atoms with van der Waals surface area (Å²) < 4.78 is 38.2. The van der Waals surface area contributed by atoms with Crippen molar-refractivity contribution in [1.29, 1.82) is 0 Å². The lowest BCUT2D eigenvalue weighted by atomic mass is 10.2. The van der Waals surface area contributed by atoms with E-state index in [1.54, 1.807) is 23.1 Å². The summed E-state index contributed by atoms with van der Waals surface area (Å²) in [6.45, 7) is 2.14. The molecule has 1 amide bonds. The predicted molar refractivity (Wildman–Crippen MR) is 108 cm³/mol. The largest absolute Gasteiger partial charge is 0.417 e. The fourth-order valence-electron chi connectivity index (χ4n) is 2.93. The summed E-state index contributed by atoms with van der Waals surface area (Å²) in [6, 6.07) is 5.84. The van der Waals surface area contributed by atoms with Crippen LogP contribution in [0.4, 0.5) is 24.7 Å². The zero-order valence-electron chi connectivity index (χ0n) is 14.9. The van der Waals surface area contributed by atoms with Gasteiger partial charge in [0.1, 0.15) is 5.82 Å². The van der Waals surface area contributed by atoms with Gasteiger partial charge in [0.15, 0.2) is 0 Å². The van der Waals surface area contributed by atoms with Crippen LogP contribution >= 0.6 is 34.8 Å². The molecule has 29 heavy (non-hydrogen) atoms. The average molecular weight is 468 g/mol. The minimum absolute atomic E-state index is 0.0541. The Balaban J connectivity index is 1.55. The number of hydrogen-bond acceptors (Lipinski definition) is 4. The van der Waals surface area contributed by atoms with Crippen molar-refractivity contribution in [2.45, 2.75) is 6.18 Å². The number of anilines is 2. The molecular formula is C18H16Cl3F3N4O. The van der Waals surface area contributed by atoms with Crippen LogP contribution in [0.5, 0.6) is 0 Å². The van der Waals surface area contributed by atoms with Gasteiger partial charge in [-0.15, -0.1) is 0 Å². The maximum Gasteiger partial charge on any atom is 0.417 e. The highest BCUT2D eigenvalue weighted by molar-refractivity contribution is 6.44. The molecule has 0 radical (unpaired) electrons. The number of rotatable bonds is 4. The van der Waals surface area contributed by atoms with Gasteiger partial charge in [0, 0.05) is 32.4 Å². The van der Waals surface area contributed by atoms with Gasteiger partial charge in [0.25, 0.3) is 0 Å². The zero-order valence-corrected chi connectivity index (χ0v) is 17.2. The molecule has 1 aliphatic rings. The zero-order chi connectivity index (χ0) is 21.2. The molecule has 1 N–H and O–H groups in total. The van der Waals surface area contributed by atoms with Crippen molar-refractivity contribution < 1.29 is 18.0 Å². The second kappa shape index (κ2) is 8.95. The molecule has 2 heterocycles. The van der Waals surface area contributed by atoms with E-state index < -0.39 is 11.7 Å². The number of piperazine rings is 1. The van der Waals surface area contributed by atoms with Crippen molar-refractivity contribution in [2.24, 2.45) is 0 Å². The van der Waals surface area contributed by atoms with E-state index >= 15 is 0 Å². The van der Waals surface area contributed by atoms with Gasteiger partial charge in [-0.25, -0.2) is 4.98 Å². The second-order valence-electron chi connectivity index (χ2n) is 6.44. The van der Waals surface area contributed by atoms with Crippen molar-refractivity contribution in [3.63, 3.8) is 0 Å². The number of nitrogens with zero attached hydrogens (tertiary/aromatic N) is 3. The smallest absolute Gasteiger partial charge is 0.353 e. The molecule has 0 saturated carbocycles. The van der Waals surface area contributed by atoms with Crippen LogP contribution in [-0.2, 0) is 11.0 Å². The molecule has 1 aromatic heterocycles. The SMILES string of the molecule is O=C(CN1CCN(c2ncc(C(F)(F)F)cc2Cl)CC1)Nc1cccc(Cl)c1Cl. The fourth-order valence-corrected chi connectivity index (χ4v) is 3.56. The minimum atomic E-state index is -4.49. The van der Waals surface area contributed by atoms with Gasteiger partial charge in [-0.3, -0.25) is 9.69 Å². The number of benzene rings is 1. The van der Waals surface area contributed by atoms with Crippen LogP contribution in [0.2, 0.25) is 15.1 Å². The van der Waals surface area contributed by atoms with Crippen LogP contribution in [0.3, 0.4) is 0 Å². The summed E-state index contributed by atoms with van der Waals surface area (Å²) in [6.07, 6.45) is -3.72. The number of aromatic nitrogens is 1. The van der Waals surface area contributed by atoms with Crippen molar-refractivity contribution in [1.82, 2.24) is 9.88 Å². The van der Waals surface area contributed by atoms with Crippen molar-refractivity contribution in [3.8, 4) is 0 Å². The standard InChI is InChI=1S/C18H16Cl3F3N4O/c19-12-2-1-3-14(16(12)21)26-15(29)10-27-4-6-28(7-5-27)17-13(20)8-11(9-25-17)18(22,23)24/h1-3,8-9H,4-7,10H2,(H,26,29). The summed E-state index contributed by atoms with van der Waals surface area (Å²) >= 11 is 18.0. The first-order chi connectivity index (χ1) is 13.6. The van der Waals surface area contributed by atoms with Gasteiger partial charge >= 0.3 is 6.18 Å². The van der Waals surface area contributed by atoms with Crippen LogP contribution < -0.4 is 10.2 Å². The van der Waals surface area contributed by atoms with E-state index in [2.05, 4.69) is 10.3 Å². The molecule has 0 spiro atoms. The molecular weight excluding hydrogens is 452 g/mol. The van der Waals surface area contributed by atoms with Gasteiger partial charge in [-0.2, -0.15) is 13.2 Å². The number of amides is 1. The maximum atomic E-state index is 12.7. The maximum absolute atomic E-state index is 12.7. The lowest BCUT2D eigenvalue weighted by Crippen LogP contribution is -2.49. The van der Waals surface area contributed by atoms with Gasteiger partial charge in [0.2, 0.25) is 5.91 Å². The Morgan fingerprint density at radius 1 is 1.10 bits per heavy atom. The topological polar surface area (TPSA) is 48.5 Å². The minimum Gasteiger partial charge on any atom is -0.353 e. The monoisotopic (exact) mass is 466 g/mol. The number of halogens is 6. The molecule has 5 nitrogen and oxygen atoms in total. The van der Waals surface area contributed by atoms with Crippen LogP contribution in [0.1, 0.15) is 5.56 Å². The third kappa shape index (κ3) is 5.45. The van der Waals surface area contributed by atoms with Crippen molar-refractivity contribution in [3.05, 3.63) is 51.1 Å². The Kier molecular flexibility index (Phi) is 6.78. The Bertz CT molecular complexity index is 902. The summed E-state index contributed by atoms with van der Waals surface area (Å²) in [5.74, 6) is 0.0581. The van der Waals surface area contributed by atoms with Gasteiger partial charge in [-0.1, -0.05) is 40.9 Å². The molecule has 3 rings (SSSR count). The number of hydrogen-bond donors (Lipinski definition) is 1. The number of carbonyl (C=O) groups is 1. The van der Waals surface area contributed by atoms with Crippen LogP contribution in [-0.4, -0.2) is 48.5 Å². The van der Waals surface area contributed by atoms with E-state index in [0.29, 0.717) is 42.7 Å². The Morgan fingerprint density at radius 3 is 2.41 bits per heavy atom. The highest BCUT2D eigenvalue weighted by Gasteiger charge is 2.32. The summed E-state index contributed by atoms with van der Waals surface area (Å²) in [7, 11) is 0. The number of alkyl halides is 3. The normalized spacial score (nSPS) is 15.4. The highest BCUT2D eigenvalue weighted by Crippen LogP contribution is 2.34. The van der Waals surface area contributed by atoms with E-state index in [1.807, 2.05) is 4.90 Å². The third-order valence-corrected chi connectivity index (χ3v) is 5.51. The van der Waals surface area contributed by atoms with Gasteiger partial charge in [0.05, 0.1) is 32.9 Å². The molecule has 0 atom stereocenters. The van der Waals surface area contributed by atoms with Crippen molar-refractivity contribution in [2.75, 3.05) is 42.9 Å². The molecule has 0 aliphatic carbocycles. The average Bonchev–Trinajstić information content (AvgIpc) is 2.65. The van der Waals surface area contributed by atoms with Crippen molar-refractivity contribution >= 4 is 52.2 Å². The van der Waals surface area contributed by atoms with Gasteiger partial charge in [-0.05, 0) is 18.2 Å². The molecule has 1 fully saturated rings. The number of carbonyl (C=O) groups excluding carboxylic acids is 1. The molecule has 1 aliphatic heterocycles. The molecule has 156 valence electrons. The van der Waals surface area contributed by atoms with Crippen LogP contribution in [0.15, 0.2) is 30.5 Å². The number of nitrogens with one attached hydrogen (secondary N) is 1. The first-order valence-electron chi connectivity index (χ1n) is 8.59. The molecule has 0 bridgehead atoms. The molecule has 1 aromatic carbocycles. The Hall–Kier alpha value is -1.74. The summed E-state index contributed by atoms with van der Waals surface area (Å²) in [4.78, 5) is 19.9. The Morgan fingerprint density at radius 2 is 1.79 bits per heavy atom. The summed E-state index contributed by atoms with van der Waals surface area (Å²) in [5, 5.41) is 3.29. The van der Waals surface area contributed by atoms with E-state index in [9.17, 15) is 18.0 Å². The lowest BCUT2D eigenvalue weighted by molar-refractivity contribution is -0.137. The van der Waals surface area contributed by atoms with E-state index in [4.69, 9.17) is 34.8 Å². The molecule has 1 saturated heterocycles.